The van der Waals surface area contributed by atoms with Crippen molar-refractivity contribution in [2.75, 3.05) is 0 Å². The molecule has 0 unspecified atom stereocenters. The van der Waals surface area contributed by atoms with Crippen LogP contribution in [0.25, 0.3) is 21.5 Å². The molecule has 3 aromatic rings. The first-order valence-corrected chi connectivity index (χ1v) is 7.14. The first-order chi connectivity index (χ1) is 10.9. The van der Waals surface area contributed by atoms with Gasteiger partial charge < -0.3 is 5.11 Å². The van der Waals surface area contributed by atoms with Gasteiger partial charge in [-0.15, -0.1) is 0 Å². The Kier molecular flexibility index (Phi) is 3.45. The zero-order valence-electron chi connectivity index (χ0n) is 12.7. The van der Waals surface area contributed by atoms with Gasteiger partial charge in [0.1, 0.15) is 0 Å². The number of carboxylic acid groups (broad SMARTS) is 1. The van der Waals surface area contributed by atoms with Gasteiger partial charge >= 0.3 is 5.97 Å². The number of hydrogen-bond acceptors (Lipinski definition) is 3. The lowest BCUT2D eigenvalue weighted by Gasteiger charge is -2.10. The van der Waals surface area contributed by atoms with Gasteiger partial charge in [-0.05, 0) is 59.7 Å². The number of carbonyl (C=O) groups excluding carboxylic acids is 2. The number of carbonyl (C=O) groups is 3. The van der Waals surface area contributed by atoms with Gasteiger partial charge in [-0.2, -0.15) is 0 Å². The normalized spacial score (nSPS) is 10.9. The van der Waals surface area contributed by atoms with E-state index in [4.69, 9.17) is 0 Å². The van der Waals surface area contributed by atoms with Crippen molar-refractivity contribution in [3.05, 3.63) is 59.2 Å². The molecule has 0 aliphatic carbocycles. The highest BCUT2D eigenvalue weighted by molar-refractivity contribution is 6.16. The fraction of sp³-hybridized carbons (Fsp3) is 0.105. The molecule has 0 heterocycles. The second-order valence-electron chi connectivity index (χ2n) is 5.54. The van der Waals surface area contributed by atoms with Crippen molar-refractivity contribution in [2.24, 2.45) is 0 Å². The first-order valence-electron chi connectivity index (χ1n) is 7.14. The topological polar surface area (TPSA) is 71.4 Å². The van der Waals surface area contributed by atoms with Crippen molar-refractivity contribution < 1.29 is 19.5 Å². The molecule has 0 amide bonds. The van der Waals surface area contributed by atoms with E-state index in [1.165, 1.54) is 19.9 Å². The minimum Gasteiger partial charge on any atom is -0.478 e. The van der Waals surface area contributed by atoms with Crippen LogP contribution in [0.3, 0.4) is 0 Å². The zero-order valence-corrected chi connectivity index (χ0v) is 12.7. The average Bonchev–Trinajstić information content (AvgIpc) is 2.50. The van der Waals surface area contributed by atoms with Crippen LogP contribution in [0.1, 0.15) is 44.9 Å². The summed E-state index contributed by atoms with van der Waals surface area (Å²) < 4.78 is 0. The average molecular weight is 306 g/mol. The van der Waals surface area contributed by atoms with Crippen molar-refractivity contribution in [3.8, 4) is 0 Å². The molecule has 4 heteroatoms. The highest BCUT2D eigenvalue weighted by atomic mass is 16.4. The van der Waals surface area contributed by atoms with E-state index in [1.807, 2.05) is 12.1 Å². The molecule has 0 saturated heterocycles. The monoisotopic (exact) mass is 306 g/mol. The summed E-state index contributed by atoms with van der Waals surface area (Å²) in [5, 5.41) is 12.1. The van der Waals surface area contributed by atoms with Crippen molar-refractivity contribution in [1.29, 1.82) is 0 Å². The molecule has 3 rings (SSSR count). The van der Waals surface area contributed by atoms with Crippen LogP contribution in [0.15, 0.2) is 42.5 Å². The molecule has 0 saturated carbocycles. The molecular formula is C19H14O4. The fourth-order valence-electron chi connectivity index (χ4n) is 2.86. The summed E-state index contributed by atoms with van der Waals surface area (Å²) in [5.74, 6) is -1.34. The van der Waals surface area contributed by atoms with E-state index in [0.717, 1.165) is 10.8 Å². The Morgan fingerprint density at radius 3 is 2.04 bits per heavy atom. The molecule has 0 aliphatic rings. The predicted octanol–water partition coefficient (Wildman–Crippen LogP) is 4.10. The minimum atomic E-state index is -1.08. The van der Waals surface area contributed by atoms with E-state index in [2.05, 4.69) is 0 Å². The third kappa shape index (κ3) is 2.48. The lowest BCUT2D eigenvalue weighted by molar-refractivity contribution is 0.0696. The zero-order chi connectivity index (χ0) is 16.7. The van der Waals surface area contributed by atoms with Gasteiger partial charge in [0, 0.05) is 11.1 Å². The van der Waals surface area contributed by atoms with E-state index >= 15 is 0 Å². The summed E-state index contributed by atoms with van der Waals surface area (Å²) in [5.41, 5.74) is 1.01. The highest BCUT2D eigenvalue weighted by Gasteiger charge is 2.14. The van der Waals surface area contributed by atoms with E-state index in [9.17, 15) is 19.5 Å². The van der Waals surface area contributed by atoms with Gasteiger partial charge in [-0.3, -0.25) is 9.59 Å². The molecule has 1 N–H and O–H groups in total. The number of Topliss-reactive ketones (excluding diaryl/α,β-unsaturated/α-hetero) is 2. The Labute approximate surface area is 132 Å². The van der Waals surface area contributed by atoms with Crippen molar-refractivity contribution in [3.63, 3.8) is 0 Å². The van der Waals surface area contributed by atoms with Crippen LogP contribution in [-0.2, 0) is 0 Å². The van der Waals surface area contributed by atoms with Gasteiger partial charge in [-0.25, -0.2) is 4.79 Å². The Hall–Kier alpha value is -3.01. The second kappa shape index (κ2) is 5.32. The summed E-state index contributed by atoms with van der Waals surface area (Å²) in [7, 11) is 0. The van der Waals surface area contributed by atoms with E-state index in [1.54, 1.807) is 24.3 Å². The molecule has 3 aromatic carbocycles. The maximum absolute atomic E-state index is 11.9. The fourth-order valence-corrected chi connectivity index (χ4v) is 2.86. The number of benzene rings is 3. The molecule has 0 atom stereocenters. The molecule has 0 radical (unpaired) electrons. The van der Waals surface area contributed by atoms with Gasteiger partial charge in [-0.1, -0.05) is 18.2 Å². The van der Waals surface area contributed by atoms with Crippen LogP contribution in [0.5, 0.6) is 0 Å². The van der Waals surface area contributed by atoms with Gasteiger partial charge in [0.15, 0.2) is 11.6 Å². The maximum Gasteiger partial charge on any atom is 0.335 e. The first kappa shape index (κ1) is 14.9. The summed E-state index contributed by atoms with van der Waals surface area (Å²) in [6, 6.07) is 11.9. The van der Waals surface area contributed by atoms with Crippen LogP contribution in [-0.4, -0.2) is 22.6 Å². The largest absolute Gasteiger partial charge is 0.478 e. The standard InChI is InChI=1S/C19H14O4/c1-10(20)15-5-3-4-12-6-13-7-14(19(22)23)8-16(11(2)21)18(13)9-17(12)15/h3-9H,1-2H3,(H,22,23). The van der Waals surface area contributed by atoms with Crippen LogP contribution in [0, 0.1) is 0 Å². The summed E-state index contributed by atoms with van der Waals surface area (Å²) in [6.07, 6.45) is 0. The lowest BCUT2D eigenvalue weighted by Crippen LogP contribution is -2.02. The quantitative estimate of drug-likeness (QED) is 0.584. The van der Waals surface area contributed by atoms with Gasteiger partial charge in [0.2, 0.25) is 0 Å². The maximum atomic E-state index is 11.9. The summed E-state index contributed by atoms with van der Waals surface area (Å²) in [6.45, 7) is 2.90. The second-order valence-corrected chi connectivity index (χ2v) is 5.54. The third-order valence-electron chi connectivity index (χ3n) is 3.96. The molecule has 4 nitrogen and oxygen atoms in total. The Balaban J connectivity index is 2.48. The number of fused-ring (bicyclic) bond motifs is 2. The molecule has 0 aromatic heterocycles. The highest BCUT2D eigenvalue weighted by Crippen LogP contribution is 2.29. The number of carboxylic acids is 1. The molecule has 23 heavy (non-hydrogen) atoms. The summed E-state index contributed by atoms with van der Waals surface area (Å²) in [4.78, 5) is 35.0. The smallest absolute Gasteiger partial charge is 0.335 e. The predicted molar refractivity (Wildman–Crippen MR) is 88.4 cm³/mol. The Morgan fingerprint density at radius 1 is 0.783 bits per heavy atom. The SMILES string of the molecule is CC(=O)c1cccc2cc3cc(C(=O)O)cc(C(C)=O)c3cc12. The van der Waals surface area contributed by atoms with E-state index < -0.39 is 5.97 Å². The van der Waals surface area contributed by atoms with Crippen LogP contribution < -0.4 is 0 Å². The van der Waals surface area contributed by atoms with Crippen LogP contribution in [0.4, 0.5) is 0 Å². The van der Waals surface area contributed by atoms with Crippen LogP contribution in [0.2, 0.25) is 0 Å². The van der Waals surface area contributed by atoms with Gasteiger partial charge in [0.05, 0.1) is 5.56 Å². The van der Waals surface area contributed by atoms with Crippen molar-refractivity contribution >= 4 is 39.1 Å². The Morgan fingerprint density at radius 2 is 1.43 bits per heavy atom. The number of hydrogen-bond donors (Lipinski definition) is 1. The minimum absolute atomic E-state index is 0.0542. The third-order valence-corrected chi connectivity index (χ3v) is 3.96. The Bertz CT molecular complexity index is 999. The molecular weight excluding hydrogens is 292 g/mol. The molecule has 0 spiro atoms. The van der Waals surface area contributed by atoms with E-state index in [0.29, 0.717) is 21.9 Å². The van der Waals surface area contributed by atoms with Gasteiger partial charge in [0.25, 0.3) is 0 Å². The van der Waals surface area contributed by atoms with Crippen molar-refractivity contribution in [2.45, 2.75) is 13.8 Å². The molecule has 114 valence electrons. The lowest BCUT2D eigenvalue weighted by atomic mass is 9.93. The molecule has 0 fully saturated rings. The molecule has 0 bridgehead atoms. The van der Waals surface area contributed by atoms with Crippen molar-refractivity contribution in [1.82, 2.24) is 0 Å². The number of ketones is 2. The summed E-state index contributed by atoms with van der Waals surface area (Å²) >= 11 is 0. The number of rotatable bonds is 3. The van der Waals surface area contributed by atoms with E-state index in [-0.39, 0.29) is 17.1 Å². The molecule has 0 aliphatic heterocycles. The number of aromatic carboxylic acids is 1. The van der Waals surface area contributed by atoms with Crippen LogP contribution >= 0.6 is 0 Å².